The largest absolute Gasteiger partial charge is 0.329 e. The van der Waals surface area contributed by atoms with E-state index in [-0.39, 0.29) is 6.04 Å². The molecule has 0 bridgehead atoms. The maximum Gasteiger partial charge on any atom is 0.133 e. The summed E-state index contributed by atoms with van der Waals surface area (Å²) in [6.45, 7) is 11.2. The molecule has 20 heavy (non-hydrogen) atoms. The van der Waals surface area contributed by atoms with Crippen molar-refractivity contribution in [1.82, 2.24) is 19.4 Å². The number of imidazole rings is 1. The molecule has 6 heteroatoms. The summed E-state index contributed by atoms with van der Waals surface area (Å²) in [5.41, 5.74) is 6.92. The first-order valence-corrected chi connectivity index (χ1v) is 7.70. The van der Waals surface area contributed by atoms with Crippen molar-refractivity contribution in [3.63, 3.8) is 0 Å². The van der Waals surface area contributed by atoms with Gasteiger partial charge in [-0.05, 0) is 20.8 Å². The molecule has 1 aromatic rings. The number of hydrogen-bond donors (Lipinski definition) is 1. The number of rotatable bonds is 4. The lowest BCUT2D eigenvalue weighted by atomic mass is 10.1. The van der Waals surface area contributed by atoms with Crippen LogP contribution in [0.4, 0.5) is 0 Å². The lowest BCUT2D eigenvalue weighted by Gasteiger charge is -2.40. The van der Waals surface area contributed by atoms with Gasteiger partial charge in [-0.3, -0.25) is 9.80 Å². The predicted molar refractivity (Wildman–Crippen MR) is 83.0 cm³/mol. The second-order valence-electron chi connectivity index (χ2n) is 5.81. The number of hydrogen-bond acceptors (Lipinski definition) is 4. The molecule has 0 aliphatic carbocycles. The van der Waals surface area contributed by atoms with Gasteiger partial charge in [0, 0.05) is 45.8 Å². The topological polar surface area (TPSA) is 50.3 Å². The molecule has 5 nitrogen and oxygen atoms in total. The first kappa shape index (κ1) is 15.8. The molecule has 1 unspecified atom stereocenters. The van der Waals surface area contributed by atoms with E-state index in [1.165, 1.54) is 0 Å². The Balaban J connectivity index is 2.11. The molecule has 0 radical (unpaired) electrons. The van der Waals surface area contributed by atoms with Crippen molar-refractivity contribution in [2.24, 2.45) is 12.8 Å². The molecule has 2 N–H and O–H groups in total. The fourth-order valence-electron chi connectivity index (χ4n) is 2.82. The zero-order valence-corrected chi connectivity index (χ0v) is 13.7. The first-order valence-electron chi connectivity index (χ1n) is 7.32. The molecule has 1 aliphatic heterocycles. The molecule has 1 fully saturated rings. The molecule has 0 aromatic carbocycles. The van der Waals surface area contributed by atoms with Crippen LogP contribution < -0.4 is 5.73 Å². The molecule has 1 aliphatic rings. The van der Waals surface area contributed by atoms with Gasteiger partial charge in [-0.25, -0.2) is 4.98 Å². The summed E-state index contributed by atoms with van der Waals surface area (Å²) in [5.74, 6) is 0.935. The first-order chi connectivity index (χ1) is 9.45. The fraction of sp³-hybridized carbons (Fsp3) is 0.786. The van der Waals surface area contributed by atoms with Gasteiger partial charge in [0.15, 0.2) is 0 Å². The maximum atomic E-state index is 6.39. The highest BCUT2D eigenvalue weighted by Gasteiger charge is 2.28. The van der Waals surface area contributed by atoms with Gasteiger partial charge in [0.2, 0.25) is 0 Å². The third-order valence-electron chi connectivity index (χ3n) is 4.33. The predicted octanol–water partition coefficient (Wildman–Crippen LogP) is 1.41. The van der Waals surface area contributed by atoms with E-state index in [1.807, 2.05) is 18.5 Å². The molecule has 1 saturated heterocycles. The van der Waals surface area contributed by atoms with Gasteiger partial charge in [-0.15, -0.1) is 0 Å². The van der Waals surface area contributed by atoms with Gasteiger partial charge in [-0.2, -0.15) is 0 Å². The van der Waals surface area contributed by atoms with E-state index >= 15 is 0 Å². The van der Waals surface area contributed by atoms with Crippen molar-refractivity contribution < 1.29 is 0 Å². The van der Waals surface area contributed by atoms with Crippen LogP contribution in [0.5, 0.6) is 0 Å². The SMILES string of the molecule is Cc1nc(C(CN)N2CCN(C(C)C)CC2)c(Cl)n1C. The van der Waals surface area contributed by atoms with Crippen LogP contribution in [0.1, 0.15) is 31.4 Å². The minimum Gasteiger partial charge on any atom is -0.329 e. The molecular weight excluding hydrogens is 274 g/mol. The lowest BCUT2D eigenvalue weighted by Crippen LogP contribution is -2.51. The van der Waals surface area contributed by atoms with Crippen molar-refractivity contribution in [1.29, 1.82) is 0 Å². The highest BCUT2D eigenvalue weighted by Crippen LogP contribution is 2.27. The summed E-state index contributed by atoms with van der Waals surface area (Å²) in [5, 5.41) is 0.712. The fourth-order valence-corrected chi connectivity index (χ4v) is 3.11. The second kappa shape index (κ2) is 6.43. The smallest absolute Gasteiger partial charge is 0.133 e. The van der Waals surface area contributed by atoms with E-state index in [4.69, 9.17) is 17.3 Å². The van der Waals surface area contributed by atoms with Crippen molar-refractivity contribution in [3.8, 4) is 0 Å². The summed E-state index contributed by atoms with van der Waals surface area (Å²) in [4.78, 5) is 9.51. The van der Waals surface area contributed by atoms with E-state index < -0.39 is 0 Å². The minimum absolute atomic E-state index is 0.122. The maximum absolute atomic E-state index is 6.39. The number of nitrogens with two attached hydrogens (primary N) is 1. The third kappa shape index (κ3) is 3.01. The molecular formula is C14H26ClN5. The molecule has 2 heterocycles. The van der Waals surface area contributed by atoms with E-state index in [1.54, 1.807) is 0 Å². The van der Waals surface area contributed by atoms with Gasteiger partial charge in [0.1, 0.15) is 11.0 Å². The number of aryl methyl sites for hydroxylation is 1. The molecule has 114 valence electrons. The van der Waals surface area contributed by atoms with Crippen LogP contribution in [-0.4, -0.2) is 58.1 Å². The van der Waals surface area contributed by atoms with Crippen molar-refractivity contribution in [2.75, 3.05) is 32.7 Å². The van der Waals surface area contributed by atoms with E-state index in [9.17, 15) is 0 Å². The third-order valence-corrected chi connectivity index (χ3v) is 4.78. The molecule has 0 spiro atoms. The Bertz CT molecular complexity index is 449. The Morgan fingerprint density at radius 3 is 2.15 bits per heavy atom. The minimum atomic E-state index is 0.122. The highest BCUT2D eigenvalue weighted by molar-refractivity contribution is 6.30. The average Bonchev–Trinajstić information content (AvgIpc) is 2.68. The Labute approximate surface area is 126 Å². The summed E-state index contributed by atoms with van der Waals surface area (Å²) >= 11 is 6.39. The molecule has 1 aromatic heterocycles. The molecule has 0 saturated carbocycles. The van der Waals surface area contributed by atoms with Gasteiger partial charge >= 0.3 is 0 Å². The Hall–Kier alpha value is -0.620. The van der Waals surface area contributed by atoms with Gasteiger partial charge in [-0.1, -0.05) is 11.6 Å². The van der Waals surface area contributed by atoms with Crippen LogP contribution >= 0.6 is 11.6 Å². The second-order valence-corrected chi connectivity index (χ2v) is 6.17. The van der Waals surface area contributed by atoms with Gasteiger partial charge in [0.25, 0.3) is 0 Å². The summed E-state index contributed by atoms with van der Waals surface area (Å²) in [7, 11) is 1.94. The van der Waals surface area contributed by atoms with E-state index in [2.05, 4.69) is 28.6 Å². The zero-order chi connectivity index (χ0) is 14.9. The number of halogens is 1. The summed E-state index contributed by atoms with van der Waals surface area (Å²) in [6, 6.07) is 0.728. The highest BCUT2D eigenvalue weighted by atomic mass is 35.5. The van der Waals surface area contributed by atoms with Crippen molar-refractivity contribution >= 4 is 11.6 Å². The van der Waals surface area contributed by atoms with Crippen LogP contribution in [-0.2, 0) is 7.05 Å². The number of nitrogens with zero attached hydrogens (tertiary/aromatic N) is 4. The summed E-state index contributed by atoms with van der Waals surface area (Å²) in [6.07, 6.45) is 0. The zero-order valence-electron chi connectivity index (χ0n) is 12.9. The number of piperazine rings is 1. The van der Waals surface area contributed by atoms with Crippen molar-refractivity contribution in [3.05, 3.63) is 16.7 Å². The standard InChI is InChI=1S/C14H26ClN5/c1-10(2)19-5-7-20(8-6-19)12(9-16)13-14(15)18(4)11(3)17-13/h10,12H,5-9,16H2,1-4H3. The lowest BCUT2D eigenvalue weighted by molar-refractivity contribution is 0.0790. The van der Waals surface area contributed by atoms with Crippen molar-refractivity contribution in [2.45, 2.75) is 32.9 Å². The quantitative estimate of drug-likeness (QED) is 0.913. The summed E-state index contributed by atoms with van der Waals surface area (Å²) < 4.78 is 1.92. The van der Waals surface area contributed by atoms with Gasteiger partial charge < -0.3 is 10.3 Å². The van der Waals surface area contributed by atoms with Crippen LogP contribution in [0.2, 0.25) is 5.15 Å². The Morgan fingerprint density at radius 1 is 1.20 bits per heavy atom. The molecule has 1 atom stereocenters. The van der Waals surface area contributed by atoms with Crippen LogP contribution in [0.25, 0.3) is 0 Å². The van der Waals surface area contributed by atoms with Gasteiger partial charge in [0.05, 0.1) is 11.7 Å². The molecule has 0 amide bonds. The van der Waals surface area contributed by atoms with Crippen LogP contribution in [0, 0.1) is 6.92 Å². The van der Waals surface area contributed by atoms with E-state index in [0.29, 0.717) is 17.7 Å². The Morgan fingerprint density at radius 2 is 1.75 bits per heavy atom. The number of aromatic nitrogens is 2. The normalized spacial score (nSPS) is 19.8. The van der Waals surface area contributed by atoms with Crippen LogP contribution in [0.3, 0.4) is 0 Å². The monoisotopic (exact) mass is 299 g/mol. The van der Waals surface area contributed by atoms with E-state index in [0.717, 1.165) is 37.7 Å². The Kier molecular flexibility index (Phi) is 5.07. The van der Waals surface area contributed by atoms with Crippen LogP contribution in [0.15, 0.2) is 0 Å². The average molecular weight is 300 g/mol. The molecule has 2 rings (SSSR count).